The molecule has 5 N–H and O–H groups in total. The maximum atomic E-state index is 13.4. The summed E-state index contributed by atoms with van der Waals surface area (Å²) in [4.78, 5) is 45.5. The van der Waals surface area contributed by atoms with Crippen molar-refractivity contribution in [1.82, 2.24) is 20.1 Å². The number of benzene rings is 2. The molecule has 1 aliphatic rings. The van der Waals surface area contributed by atoms with E-state index in [0.29, 0.717) is 70.5 Å². The van der Waals surface area contributed by atoms with Crippen molar-refractivity contribution in [3.05, 3.63) is 115 Å². The van der Waals surface area contributed by atoms with Crippen LogP contribution >= 0.6 is 22.7 Å². The molecule has 16 heteroatoms. The molecule has 0 bridgehead atoms. The lowest BCUT2D eigenvalue weighted by atomic mass is 9.91. The number of pyridine rings is 1. The molecule has 5 aromatic rings. The molecule has 0 radical (unpaired) electrons. The summed E-state index contributed by atoms with van der Waals surface area (Å²) in [5.41, 5.74) is -0.289. The van der Waals surface area contributed by atoms with Crippen LogP contribution in [0.15, 0.2) is 88.4 Å². The van der Waals surface area contributed by atoms with Gasteiger partial charge in [0.2, 0.25) is 11.2 Å². The molecule has 1 aliphatic carbocycles. The van der Waals surface area contributed by atoms with Gasteiger partial charge < -0.3 is 44.9 Å². The van der Waals surface area contributed by atoms with Crippen molar-refractivity contribution in [2.24, 2.45) is 0 Å². The van der Waals surface area contributed by atoms with Gasteiger partial charge in [0, 0.05) is 50.7 Å². The summed E-state index contributed by atoms with van der Waals surface area (Å²) in [7, 11) is 3.81. The number of aromatic hydroxyl groups is 1. The number of aromatic amines is 1. The highest BCUT2D eigenvalue weighted by Crippen LogP contribution is 2.38. The molecule has 1 atom stereocenters. The molecule has 12 nitrogen and oxygen atoms in total. The number of ether oxygens (including phenoxy) is 2. The number of nitrogens with zero attached hydrogens (tertiary/aromatic N) is 2. The number of H-pyrrole nitrogens is 1. The highest BCUT2D eigenvalue weighted by molar-refractivity contribution is 7.12. The molecule has 3 heterocycles. The van der Waals surface area contributed by atoms with E-state index in [2.05, 4.69) is 15.2 Å². The second kappa shape index (κ2) is 19.9. The first-order chi connectivity index (χ1) is 26.0. The lowest BCUT2D eigenvalue weighted by Crippen LogP contribution is -2.44. The third kappa shape index (κ3) is 10.4. The van der Waals surface area contributed by atoms with Gasteiger partial charge in [-0.25, -0.2) is 4.79 Å². The Morgan fingerprint density at radius 3 is 2.21 bits per heavy atom. The van der Waals surface area contributed by atoms with Gasteiger partial charge in [-0.3, -0.25) is 19.0 Å². The molecule has 2 aromatic carbocycles. The standard InChI is InChI=1S/C40H46N4O8S2.2FH/c1-43(27-9-13-29(14-10-27)52-39(49)40(50,34-5-3-21-53-34)35-6-4-22-54-35)19-20-44(2)37(48)25-51-28-11-7-26(8-12-28)23-41-24-33(46)30-15-17-32(45)38-31(30)16-18-36(47)42-38;;/h3-8,11-12,15-18,21-22,27,29,33,41,45-46,50H,9-10,13-14,19-20,23-25H2,1-2H3,(H,42,47);2*1H/t27?,29?,33-;;/m1../s1. The zero-order valence-electron chi connectivity index (χ0n) is 31.1. The minimum absolute atomic E-state index is 0. The number of aliphatic hydroxyl groups is 2. The average molecular weight is 815 g/mol. The number of hydrogen-bond acceptors (Lipinski definition) is 12. The van der Waals surface area contributed by atoms with Crippen molar-refractivity contribution in [2.75, 3.05) is 40.3 Å². The van der Waals surface area contributed by atoms with Crippen LogP contribution in [0, 0.1) is 0 Å². The Kier molecular flexibility index (Phi) is 15.7. The van der Waals surface area contributed by atoms with Crippen LogP contribution in [0.1, 0.15) is 52.7 Å². The van der Waals surface area contributed by atoms with Crippen LogP contribution in [-0.4, -0.2) is 94.5 Å². The van der Waals surface area contributed by atoms with Gasteiger partial charge in [0.25, 0.3) is 5.91 Å². The molecular formula is C40H48F2N4O8S2. The van der Waals surface area contributed by atoms with Crippen molar-refractivity contribution in [3.8, 4) is 11.5 Å². The van der Waals surface area contributed by atoms with Gasteiger partial charge in [0.15, 0.2) is 6.61 Å². The van der Waals surface area contributed by atoms with Crippen molar-refractivity contribution in [2.45, 2.75) is 56.1 Å². The van der Waals surface area contributed by atoms with E-state index in [9.17, 15) is 29.7 Å². The fourth-order valence-corrected chi connectivity index (χ4v) is 8.43. The summed E-state index contributed by atoms with van der Waals surface area (Å²) in [5, 5.41) is 39.9. The van der Waals surface area contributed by atoms with Crippen LogP contribution in [0.25, 0.3) is 10.9 Å². The van der Waals surface area contributed by atoms with E-state index in [1.807, 2.05) is 42.1 Å². The van der Waals surface area contributed by atoms with Crippen LogP contribution in [-0.2, 0) is 26.5 Å². The Morgan fingerprint density at radius 2 is 1.59 bits per heavy atom. The highest BCUT2D eigenvalue weighted by atomic mass is 32.1. The minimum Gasteiger partial charge on any atom is -0.506 e. The number of hydrogen-bond donors (Lipinski definition) is 5. The Balaban J connectivity index is 0.00000348. The number of halogens is 2. The summed E-state index contributed by atoms with van der Waals surface area (Å²) in [6.07, 6.45) is 1.96. The number of phenolic OH excluding ortho intramolecular Hbond substituents is 1. The van der Waals surface area contributed by atoms with E-state index in [1.165, 1.54) is 34.8 Å². The number of nitrogens with one attached hydrogen (secondary N) is 2. The molecule has 1 amide bonds. The number of thiophene rings is 2. The monoisotopic (exact) mass is 814 g/mol. The number of likely N-dealkylation sites (N-methyl/N-ethyl adjacent to an activating group) is 2. The van der Waals surface area contributed by atoms with E-state index < -0.39 is 17.7 Å². The molecule has 3 aromatic heterocycles. The fraction of sp³-hybridized carbons (Fsp3) is 0.375. The SMILES string of the molecule is CN(CCN(C)C1CCC(OC(=O)C(O)(c2cccs2)c2cccs2)CC1)C(=O)COc1ccc(CNC[C@@H](O)c2ccc(O)c3[nH]c(=O)ccc23)cc1.F.F. The van der Waals surface area contributed by atoms with Gasteiger partial charge in [-0.1, -0.05) is 30.3 Å². The molecule has 0 saturated heterocycles. The third-order valence-corrected chi connectivity index (χ3v) is 12.0. The fourth-order valence-electron chi connectivity index (χ4n) is 6.72. The quantitative estimate of drug-likeness (QED) is 0.0853. The number of phenols is 1. The van der Waals surface area contributed by atoms with Gasteiger partial charge in [0.05, 0.1) is 21.4 Å². The summed E-state index contributed by atoms with van der Waals surface area (Å²) in [5.74, 6) is -0.245. The van der Waals surface area contributed by atoms with E-state index >= 15 is 0 Å². The molecule has 0 unspecified atom stereocenters. The summed E-state index contributed by atoms with van der Waals surface area (Å²) < 4.78 is 11.7. The zero-order chi connectivity index (χ0) is 38.2. The van der Waals surface area contributed by atoms with Crippen LogP contribution in [0.2, 0.25) is 0 Å². The maximum Gasteiger partial charge on any atom is 0.349 e. The summed E-state index contributed by atoms with van der Waals surface area (Å²) in [6.45, 7) is 1.88. The highest BCUT2D eigenvalue weighted by Gasteiger charge is 2.45. The minimum atomic E-state index is -1.80. The second-order valence-electron chi connectivity index (χ2n) is 13.7. The number of rotatable bonds is 16. The molecular weight excluding hydrogens is 767 g/mol. The average Bonchev–Trinajstić information content (AvgIpc) is 3.93. The maximum absolute atomic E-state index is 13.4. The van der Waals surface area contributed by atoms with E-state index in [0.717, 1.165) is 18.4 Å². The van der Waals surface area contributed by atoms with E-state index in [4.69, 9.17) is 9.47 Å². The molecule has 6 rings (SSSR count). The summed E-state index contributed by atoms with van der Waals surface area (Å²) in [6, 6.07) is 20.9. The van der Waals surface area contributed by atoms with Crippen LogP contribution in [0.5, 0.6) is 11.5 Å². The normalized spacial score (nSPS) is 16.1. The predicted octanol–water partition coefficient (Wildman–Crippen LogP) is 5.04. The predicted molar refractivity (Wildman–Crippen MR) is 214 cm³/mol. The number of carbonyl (C=O) groups excluding carboxylic acids is 2. The smallest absolute Gasteiger partial charge is 0.349 e. The van der Waals surface area contributed by atoms with Crippen molar-refractivity contribution in [1.29, 1.82) is 0 Å². The molecule has 56 heavy (non-hydrogen) atoms. The zero-order valence-corrected chi connectivity index (χ0v) is 32.7. The number of carbonyl (C=O) groups is 2. The number of aromatic nitrogens is 1. The third-order valence-electron chi connectivity index (χ3n) is 10.0. The molecule has 1 fully saturated rings. The van der Waals surface area contributed by atoms with Crippen molar-refractivity contribution in [3.63, 3.8) is 0 Å². The topological polar surface area (TPSA) is 165 Å². The van der Waals surface area contributed by atoms with Gasteiger partial charge in [-0.15, -0.1) is 22.7 Å². The Hall–Kier alpha value is -4.71. The van der Waals surface area contributed by atoms with Gasteiger partial charge in [-0.2, -0.15) is 0 Å². The number of fused-ring (bicyclic) bond motifs is 1. The van der Waals surface area contributed by atoms with Crippen LogP contribution < -0.4 is 15.6 Å². The number of amides is 1. The Labute approximate surface area is 331 Å². The first-order valence-electron chi connectivity index (χ1n) is 17.9. The Morgan fingerprint density at radius 1 is 0.929 bits per heavy atom. The number of aliphatic hydroxyl groups excluding tert-OH is 1. The van der Waals surface area contributed by atoms with Crippen molar-refractivity contribution < 1.29 is 43.8 Å². The summed E-state index contributed by atoms with van der Waals surface area (Å²) >= 11 is 2.66. The lowest BCUT2D eigenvalue weighted by molar-refractivity contribution is -0.169. The van der Waals surface area contributed by atoms with E-state index in [1.54, 1.807) is 48.3 Å². The van der Waals surface area contributed by atoms with E-state index in [-0.39, 0.29) is 45.9 Å². The van der Waals surface area contributed by atoms with Crippen LogP contribution in [0.3, 0.4) is 0 Å². The lowest BCUT2D eigenvalue weighted by Gasteiger charge is -2.36. The van der Waals surface area contributed by atoms with Crippen molar-refractivity contribution >= 4 is 45.5 Å². The van der Waals surface area contributed by atoms with Gasteiger partial charge in [-0.05, 0) is 91.0 Å². The number of esters is 1. The second-order valence-corrected chi connectivity index (χ2v) is 15.6. The van der Waals surface area contributed by atoms with Gasteiger partial charge >= 0.3 is 5.97 Å². The molecule has 0 aliphatic heterocycles. The molecule has 1 saturated carbocycles. The van der Waals surface area contributed by atoms with Gasteiger partial charge in [0.1, 0.15) is 17.6 Å². The first-order valence-corrected chi connectivity index (χ1v) is 19.7. The van der Waals surface area contributed by atoms with Crippen LogP contribution in [0.4, 0.5) is 9.41 Å². The first kappa shape index (κ1) is 44.0. The largest absolute Gasteiger partial charge is 0.506 e. The molecule has 0 spiro atoms. The Bertz CT molecular complexity index is 2020. The molecule has 302 valence electrons.